The molecule has 0 unspecified atom stereocenters. The fourth-order valence-electron chi connectivity index (χ4n) is 3.45. The maximum absolute atomic E-state index is 12.8. The van der Waals surface area contributed by atoms with E-state index in [1.165, 1.54) is 5.56 Å². The number of likely N-dealkylation sites (N-methyl/N-ethyl adjacent to an activating group) is 1. The van der Waals surface area contributed by atoms with Crippen molar-refractivity contribution in [2.75, 3.05) is 39.8 Å². The summed E-state index contributed by atoms with van der Waals surface area (Å²) in [4.78, 5) is 27.1. The maximum atomic E-state index is 12.8. The first kappa shape index (κ1) is 19.4. The molecule has 0 bridgehead atoms. The molecule has 1 fully saturated rings. The Labute approximate surface area is 158 Å². The number of hydrogen-bond donors (Lipinski definition) is 1. The first-order valence-corrected chi connectivity index (χ1v) is 9.10. The molecule has 1 aromatic heterocycles. The monoisotopic (exact) mass is 374 g/mol. The van der Waals surface area contributed by atoms with Gasteiger partial charge in [0.2, 0.25) is 5.91 Å². The fourth-order valence-corrected chi connectivity index (χ4v) is 3.45. The van der Waals surface area contributed by atoms with Crippen molar-refractivity contribution in [3.05, 3.63) is 35.1 Å². The van der Waals surface area contributed by atoms with Crippen LogP contribution in [0.3, 0.4) is 0 Å². The number of carbonyl (C=O) groups is 2. The van der Waals surface area contributed by atoms with Crippen LogP contribution >= 0.6 is 0 Å². The highest BCUT2D eigenvalue weighted by Gasteiger charge is 2.26. The normalized spacial score (nSPS) is 17.6. The van der Waals surface area contributed by atoms with Gasteiger partial charge in [-0.25, -0.2) is 0 Å². The Kier molecular flexibility index (Phi) is 5.82. The van der Waals surface area contributed by atoms with Crippen molar-refractivity contribution >= 4 is 22.8 Å². The summed E-state index contributed by atoms with van der Waals surface area (Å²) in [7, 11) is 1.74. The molecule has 3 rings (SSSR count). The van der Waals surface area contributed by atoms with E-state index < -0.39 is 5.97 Å². The van der Waals surface area contributed by atoms with E-state index in [1.54, 1.807) is 23.1 Å². The molecule has 0 radical (unpaired) electrons. The summed E-state index contributed by atoms with van der Waals surface area (Å²) in [5.74, 6) is -0.844. The van der Waals surface area contributed by atoms with Gasteiger partial charge in [-0.15, -0.1) is 0 Å². The van der Waals surface area contributed by atoms with Crippen LogP contribution < -0.4 is 0 Å². The quantitative estimate of drug-likeness (QED) is 0.831. The van der Waals surface area contributed by atoms with Crippen molar-refractivity contribution in [1.29, 1.82) is 0 Å². The van der Waals surface area contributed by atoms with Gasteiger partial charge in [-0.3, -0.25) is 14.5 Å². The summed E-state index contributed by atoms with van der Waals surface area (Å²) in [5, 5.41) is 9.85. The first-order chi connectivity index (χ1) is 12.8. The number of nitrogens with zero attached hydrogens (tertiary/aromatic N) is 2. The van der Waals surface area contributed by atoms with Crippen LogP contribution in [-0.2, 0) is 20.7 Å². The van der Waals surface area contributed by atoms with Gasteiger partial charge in [0.05, 0.1) is 31.9 Å². The van der Waals surface area contributed by atoms with Gasteiger partial charge in [0.25, 0.3) is 0 Å². The third-order valence-electron chi connectivity index (χ3n) is 5.02. The smallest absolute Gasteiger partial charge is 0.317 e. The molecule has 27 heavy (non-hydrogen) atoms. The summed E-state index contributed by atoms with van der Waals surface area (Å²) in [6.07, 6.45) is 1.77. The minimum atomic E-state index is -0.876. The average molecular weight is 374 g/mol. The highest BCUT2D eigenvalue weighted by Crippen LogP contribution is 2.25. The Morgan fingerprint density at radius 3 is 2.78 bits per heavy atom. The number of hydrogen-bond acceptors (Lipinski definition) is 5. The van der Waals surface area contributed by atoms with Gasteiger partial charge in [0.15, 0.2) is 0 Å². The Bertz CT molecular complexity index is 844. The van der Waals surface area contributed by atoms with Crippen molar-refractivity contribution in [2.45, 2.75) is 26.4 Å². The molecule has 1 aromatic carbocycles. The number of rotatable bonds is 6. The van der Waals surface area contributed by atoms with Gasteiger partial charge in [-0.1, -0.05) is 0 Å². The van der Waals surface area contributed by atoms with Crippen LogP contribution in [0.5, 0.6) is 0 Å². The molecule has 7 nitrogen and oxygen atoms in total. The van der Waals surface area contributed by atoms with Gasteiger partial charge in [-0.2, -0.15) is 0 Å². The molecule has 1 aliphatic rings. The predicted molar refractivity (Wildman–Crippen MR) is 101 cm³/mol. The molecule has 2 heterocycles. The Morgan fingerprint density at radius 1 is 1.30 bits per heavy atom. The molecular formula is C20H26N2O5. The van der Waals surface area contributed by atoms with Gasteiger partial charge in [-0.05, 0) is 44.2 Å². The molecule has 7 heteroatoms. The van der Waals surface area contributed by atoms with Crippen molar-refractivity contribution in [3.8, 4) is 0 Å². The maximum Gasteiger partial charge on any atom is 0.317 e. The number of aliphatic carboxylic acids is 1. The number of fused-ring (bicyclic) bond motifs is 1. The molecule has 1 aliphatic heterocycles. The summed E-state index contributed by atoms with van der Waals surface area (Å²) < 4.78 is 11.3. The lowest BCUT2D eigenvalue weighted by molar-refractivity contribution is -0.142. The molecule has 1 amide bonds. The predicted octanol–water partition coefficient (Wildman–Crippen LogP) is 1.84. The van der Waals surface area contributed by atoms with Crippen LogP contribution in [0.25, 0.3) is 11.0 Å². The van der Waals surface area contributed by atoms with Crippen molar-refractivity contribution in [2.24, 2.45) is 0 Å². The summed E-state index contributed by atoms with van der Waals surface area (Å²) in [5.41, 5.74) is 4.03. The van der Waals surface area contributed by atoms with E-state index in [9.17, 15) is 9.59 Å². The van der Waals surface area contributed by atoms with Crippen LogP contribution in [0.4, 0.5) is 0 Å². The summed E-state index contributed by atoms with van der Waals surface area (Å²) in [6.45, 7) is 5.99. The zero-order valence-corrected chi connectivity index (χ0v) is 16.0. The molecule has 0 saturated carbocycles. The minimum Gasteiger partial charge on any atom is -0.480 e. The van der Waals surface area contributed by atoms with Crippen LogP contribution in [-0.4, -0.2) is 72.7 Å². The van der Waals surface area contributed by atoms with E-state index in [-0.39, 0.29) is 25.0 Å². The van der Waals surface area contributed by atoms with Gasteiger partial charge in [0, 0.05) is 30.6 Å². The van der Waals surface area contributed by atoms with E-state index in [2.05, 4.69) is 6.07 Å². The molecule has 1 N–H and O–H groups in total. The topological polar surface area (TPSA) is 83.2 Å². The van der Waals surface area contributed by atoms with Crippen LogP contribution in [0, 0.1) is 13.8 Å². The SMILES string of the molecule is Cc1cc2occ(CC(=O)N3CCO[C@H](CN(C)CC(=O)O)C3)c2cc1C. The summed E-state index contributed by atoms with van der Waals surface area (Å²) >= 11 is 0. The lowest BCUT2D eigenvalue weighted by Crippen LogP contribution is -2.50. The molecule has 0 aliphatic carbocycles. The summed E-state index contributed by atoms with van der Waals surface area (Å²) in [6, 6.07) is 4.07. The van der Waals surface area contributed by atoms with E-state index in [0.717, 1.165) is 22.1 Å². The second kappa shape index (κ2) is 8.10. The zero-order valence-electron chi connectivity index (χ0n) is 16.0. The van der Waals surface area contributed by atoms with E-state index in [4.69, 9.17) is 14.3 Å². The number of carboxylic acids is 1. The zero-order chi connectivity index (χ0) is 19.6. The second-order valence-electron chi connectivity index (χ2n) is 7.29. The molecule has 1 saturated heterocycles. The lowest BCUT2D eigenvalue weighted by atomic mass is 10.0. The number of amides is 1. The largest absolute Gasteiger partial charge is 0.480 e. The van der Waals surface area contributed by atoms with E-state index in [0.29, 0.717) is 26.2 Å². The fraction of sp³-hybridized carbons (Fsp3) is 0.500. The van der Waals surface area contributed by atoms with E-state index in [1.807, 2.05) is 19.9 Å². The number of carboxylic acid groups (broad SMARTS) is 1. The molecule has 0 spiro atoms. The van der Waals surface area contributed by atoms with Crippen molar-refractivity contribution in [1.82, 2.24) is 9.80 Å². The van der Waals surface area contributed by atoms with Crippen LogP contribution in [0.2, 0.25) is 0 Å². The molecule has 1 atom stereocenters. The number of ether oxygens (including phenoxy) is 1. The third kappa shape index (κ3) is 4.67. The number of carbonyl (C=O) groups excluding carboxylic acids is 1. The Balaban J connectivity index is 1.64. The van der Waals surface area contributed by atoms with Gasteiger partial charge >= 0.3 is 5.97 Å². The lowest BCUT2D eigenvalue weighted by Gasteiger charge is -2.34. The third-order valence-corrected chi connectivity index (χ3v) is 5.02. The van der Waals surface area contributed by atoms with Crippen molar-refractivity contribution in [3.63, 3.8) is 0 Å². The first-order valence-electron chi connectivity index (χ1n) is 9.10. The molecule has 146 valence electrons. The number of furan rings is 1. The average Bonchev–Trinajstić information content (AvgIpc) is 2.96. The highest BCUT2D eigenvalue weighted by molar-refractivity contribution is 5.88. The van der Waals surface area contributed by atoms with E-state index >= 15 is 0 Å². The van der Waals surface area contributed by atoms with Crippen molar-refractivity contribution < 1.29 is 23.8 Å². The van der Waals surface area contributed by atoms with Crippen LogP contribution in [0.15, 0.2) is 22.8 Å². The van der Waals surface area contributed by atoms with Gasteiger partial charge < -0.3 is 19.2 Å². The van der Waals surface area contributed by atoms with Crippen LogP contribution in [0.1, 0.15) is 16.7 Å². The Morgan fingerprint density at radius 2 is 2.04 bits per heavy atom. The number of benzene rings is 1. The molecular weight excluding hydrogens is 348 g/mol. The second-order valence-corrected chi connectivity index (χ2v) is 7.29. The molecule has 2 aromatic rings. The number of aryl methyl sites for hydroxylation is 2. The Hall–Kier alpha value is -2.38. The number of morpholine rings is 1. The standard InChI is InChI=1S/C20H26N2O5/c1-13-6-17-15(12-27-18(17)7-14(13)2)8-19(23)22-4-5-26-16(10-22)9-21(3)11-20(24)25/h6-7,12,16H,4-5,8-11H2,1-3H3,(H,24,25)/t16-/m1/s1. The van der Waals surface area contributed by atoms with Gasteiger partial charge in [0.1, 0.15) is 5.58 Å². The highest BCUT2D eigenvalue weighted by atomic mass is 16.5. The minimum absolute atomic E-state index is 0.0325.